The van der Waals surface area contributed by atoms with Crippen molar-refractivity contribution in [2.24, 2.45) is 23.2 Å². The SMILES string of the molecule is CN(Cc1ccc(Cl)s1)C(=O)COC(=O)C1CCCN1C(=O)C12CC3CC(CC(C3)C1)C2. The zero-order chi connectivity index (χ0) is 22.5. The first kappa shape index (κ1) is 22.2. The number of hydrogen-bond acceptors (Lipinski definition) is 5. The molecule has 174 valence electrons. The molecule has 8 heteroatoms. The maximum absolute atomic E-state index is 13.7. The highest BCUT2D eigenvalue weighted by Gasteiger charge is 2.57. The van der Waals surface area contributed by atoms with Crippen molar-refractivity contribution in [3.8, 4) is 0 Å². The van der Waals surface area contributed by atoms with Crippen molar-refractivity contribution in [2.75, 3.05) is 20.2 Å². The summed E-state index contributed by atoms with van der Waals surface area (Å²) in [4.78, 5) is 43.3. The van der Waals surface area contributed by atoms with Gasteiger partial charge in [-0.2, -0.15) is 0 Å². The number of likely N-dealkylation sites (tertiary alicyclic amines) is 1. The molecular weight excluding hydrogens is 448 g/mol. The van der Waals surface area contributed by atoms with Crippen LogP contribution in [0.2, 0.25) is 4.34 Å². The Morgan fingerprint density at radius 2 is 1.81 bits per heavy atom. The monoisotopic (exact) mass is 478 g/mol. The fourth-order valence-corrected chi connectivity index (χ4v) is 8.17. The number of hydrogen-bond donors (Lipinski definition) is 0. The molecule has 1 aliphatic heterocycles. The molecule has 4 saturated carbocycles. The molecule has 0 spiro atoms. The summed E-state index contributed by atoms with van der Waals surface area (Å²) in [6.45, 7) is 0.742. The second-order valence-corrected chi connectivity index (χ2v) is 12.2. The van der Waals surface area contributed by atoms with Crippen LogP contribution in [-0.2, 0) is 25.7 Å². The summed E-state index contributed by atoms with van der Waals surface area (Å²) in [7, 11) is 1.68. The highest BCUT2D eigenvalue weighted by Crippen LogP contribution is 2.60. The first-order valence-electron chi connectivity index (χ1n) is 11.8. The maximum atomic E-state index is 13.7. The standard InChI is InChI=1S/C24H31ClN2O4S/c1-26(13-18-4-5-20(25)32-18)21(28)14-31-22(29)19-3-2-6-27(19)23(30)24-10-15-7-16(11-24)9-17(8-15)12-24/h4-5,15-17,19H,2-3,6-14H2,1H3. The molecule has 1 atom stereocenters. The Morgan fingerprint density at radius 3 is 2.41 bits per heavy atom. The molecule has 5 aliphatic rings. The highest BCUT2D eigenvalue weighted by atomic mass is 35.5. The van der Waals surface area contributed by atoms with E-state index < -0.39 is 12.0 Å². The average Bonchev–Trinajstić information content (AvgIpc) is 3.39. The number of thiophene rings is 1. The lowest BCUT2D eigenvalue weighted by atomic mass is 9.49. The van der Waals surface area contributed by atoms with E-state index in [1.54, 1.807) is 18.0 Å². The van der Waals surface area contributed by atoms with Crippen molar-refractivity contribution in [1.29, 1.82) is 0 Å². The van der Waals surface area contributed by atoms with Crippen molar-refractivity contribution in [3.63, 3.8) is 0 Å². The van der Waals surface area contributed by atoms with Crippen molar-refractivity contribution in [3.05, 3.63) is 21.3 Å². The smallest absolute Gasteiger partial charge is 0.329 e. The number of likely N-dealkylation sites (N-methyl/N-ethyl adjacent to an activating group) is 1. The van der Waals surface area contributed by atoms with Gasteiger partial charge in [0.05, 0.1) is 16.3 Å². The molecule has 2 amide bonds. The van der Waals surface area contributed by atoms with Gasteiger partial charge in [0.2, 0.25) is 5.91 Å². The lowest BCUT2D eigenvalue weighted by Gasteiger charge is -2.56. The Labute approximate surface area is 198 Å². The van der Waals surface area contributed by atoms with Crippen molar-refractivity contribution >= 4 is 40.7 Å². The molecule has 32 heavy (non-hydrogen) atoms. The lowest BCUT2D eigenvalue weighted by Crippen LogP contribution is -2.56. The van der Waals surface area contributed by atoms with E-state index in [4.69, 9.17) is 16.3 Å². The average molecular weight is 479 g/mol. The van der Waals surface area contributed by atoms with Gasteiger partial charge in [0.1, 0.15) is 6.04 Å². The maximum Gasteiger partial charge on any atom is 0.329 e. The van der Waals surface area contributed by atoms with Gasteiger partial charge in [0.15, 0.2) is 6.61 Å². The van der Waals surface area contributed by atoms with E-state index in [0.717, 1.165) is 30.6 Å². The molecule has 1 saturated heterocycles. The molecule has 2 heterocycles. The topological polar surface area (TPSA) is 66.9 Å². The van der Waals surface area contributed by atoms with Gasteiger partial charge in [-0.15, -0.1) is 11.3 Å². The van der Waals surface area contributed by atoms with Gasteiger partial charge in [-0.05, 0) is 81.3 Å². The Bertz CT molecular complexity index is 880. The first-order valence-corrected chi connectivity index (χ1v) is 13.0. The minimum absolute atomic E-state index is 0.175. The quantitative estimate of drug-likeness (QED) is 0.577. The van der Waals surface area contributed by atoms with Crippen molar-refractivity contribution in [2.45, 2.75) is 64.0 Å². The number of ether oxygens (including phenoxy) is 1. The van der Waals surface area contributed by atoms with E-state index in [9.17, 15) is 14.4 Å². The second-order valence-electron chi connectivity index (χ2n) is 10.4. The van der Waals surface area contributed by atoms with Crippen LogP contribution in [0.3, 0.4) is 0 Å². The molecule has 0 radical (unpaired) electrons. The first-order chi connectivity index (χ1) is 15.3. The van der Waals surface area contributed by atoms with E-state index in [1.165, 1.54) is 35.5 Å². The lowest BCUT2D eigenvalue weighted by molar-refractivity contribution is -0.166. The number of rotatable bonds is 6. The minimum atomic E-state index is -0.551. The van der Waals surface area contributed by atoms with Crippen molar-refractivity contribution < 1.29 is 19.1 Å². The van der Waals surface area contributed by atoms with Gasteiger partial charge >= 0.3 is 5.97 Å². The molecule has 1 unspecified atom stereocenters. The fraction of sp³-hybridized carbons (Fsp3) is 0.708. The number of nitrogens with zero attached hydrogens (tertiary/aromatic N) is 2. The van der Waals surface area contributed by atoms with Crippen LogP contribution in [0.4, 0.5) is 0 Å². The molecule has 1 aromatic heterocycles. The molecule has 5 fully saturated rings. The minimum Gasteiger partial charge on any atom is -0.454 e. The van der Waals surface area contributed by atoms with Crippen LogP contribution in [-0.4, -0.2) is 53.8 Å². The van der Waals surface area contributed by atoms with Gasteiger partial charge in [-0.25, -0.2) is 4.79 Å². The summed E-state index contributed by atoms with van der Waals surface area (Å²) in [6, 6.07) is 3.13. The molecule has 6 nitrogen and oxygen atoms in total. The number of esters is 1. The molecule has 4 aliphatic carbocycles. The second kappa shape index (κ2) is 8.64. The largest absolute Gasteiger partial charge is 0.454 e. The Hall–Kier alpha value is -1.60. The molecular formula is C24H31ClN2O4S. The molecule has 0 aromatic carbocycles. The van der Waals surface area contributed by atoms with Crippen LogP contribution in [0.1, 0.15) is 56.2 Å². The number of halogens is 1. The zero-order valence-corrected chi connectivity index (χ0v) is 20.1. The van der Waals surface area contributed by atoms with Gasteiger partial charge in [-0.3, -0.25) is 9.59 Å². The Balaban J connectivity index is 1.18. The molecule has 0 N–H and O–H groups in total. The Kier molecular flexibility index (Phi) is 5.99. The number of amides is 2. The van der Waals surface area contributed by atoms with Crippen LogP contribution in [0.5, 0.6) is 0 Å². The Morgan fingerprint density at radius 1 is 1.16 bits per heavy atom. The highest BCUT2D eigenvalue weighted by molar-refractivity contribution is 7.16. The summed E-state index contributed by atoms with van der Waals surface area (Å²) in [5.41, 5.74) is -0.254. The van der Waals surface area contributed by atoms with E-state index in [0.29, 0.717) is 41.6 Å². The van der Waals surface area contributed by atoms with Crippen LogP contribution >= 0.6 is 22.9 Å². The van der Waals surface area contributed by atoms with Crippen LogP contribution in [0.15, 0.2) is 12.1 Å². The van der Waals surface area contributed by atoms with E-state index >= 15 is 0 Å². The molecule has 4 bridgehead atoms. The van der Waals surface area contributed by atoms with E-state index in [-0.39, 0.29) is 23.8 Å². The predicted octanol–water partition coefficient (Wildman–Crippen LogP) is 4.11. The van der Waals surface area contributed by atoms with Gasteiger partial charge in [-0.1, -0.05) is 11.6 Å². The third-order valence-electron chi connectivity index (χ3n) is 8.06. The van der Waals surface area contributed by atoms with Gasteiger partial charge in [0, 0.05) is 18.5 Å². The third kappa shape index (κ3) is 4.18. The molecule has 1 aromatic rings. The van der Waals surface area contributed by atoms with Gasteiger partial charge in [0.25, 0.3) is 5.91 Å². The third-order valence-corrected chi connectivity index (χ3v) is 9.28. The molecule has 6 rings (SSSR count). The number of carbonyl (C=O) groups is 3. The van der Waals surface area contributed by atoms with Crippen molar-refractivity contribution in [1.82, 2.24) is 9.80 Å². The summed E-state index contributed by atoms with van der Waals surface area (Å²) < 4.78 is 6.08. The summed E-state index contributed by atoms with van der Waals surface area (Å²) >= 11 is 7.37. The summed E-state index contributed by atoms with van der Waals surface area (Å²) in [6.07, 6.45) is 8.26. The fourth-order valence-electron chi connectivity index (χ4n) is 7.03. The predicted molar refractivity (Wildman–Crippen MR) is 122 cm³/mol. The van der Waals surface area contributed by atoms with Gasteiger partial charge < -0.3 is 14.5 Å². The van der Waals surface area contributed by atoms with E-state index in [2.05, 4.69) is 0 Å². The number of carbonyl (C=O) groups excluding carboxylic acids is 3. The van der Waals surface area contributed by atoms with Crippen LogP contribution < -0.4 is 0 Å². The van der Waals surface area contributed by atoms with Crippen LogP contribution in [0, 0.1) is 23.2 Å². The van der Waals surface area contributed by atoms with E-state index in [1.807, 2.05) is 6.07 Å². The van der Waals surface area contributed by atoms with Crippen LogP contribution in [0.25, 0.3) is 0 Å². The zero-order valence-electron chi connectivity index (χ0n) is 18.6. The summed E-state index contributed by atoms with van der Waals surface area (Å²) in [5.74, 6) is 1.52. The normalized spacial score (nSPS) is 32.9. The summed E-state index contributed by atoms with van der Waals surface area (Å²) in [5, 5.41) is 0.